The van der Waals surface area contributed by atoms with Gasteiger partial charge in [0, 0.05) is 38.1 Å². The molecule has 7 heteroatoms. The minimum absolute atomic E-state index is 0.00743. The van der Waals surface area contributed by atoms with Crippen molar-refractivity contribution in [1.82, 2.24) is 20.3 Å². The molecule has 1 aliphatic heterocycles. The maximum atomic E-state index is 12.9. The minimum atomic E-state index is -0.0419. The molecule has 0 radical (unpaired) electrons. The van der Waals surface area contributed by atoms with Crippen LogP contribution in [-0.2, 0) is 0 Å². The molecule has 0 spiro atoms. The van der Waals surface area contributed by atoms with Gasteiger partial charge in [0.05, 0.1) is 5.69 Å². The number of hydrogen-bond acceptors (Lipinski definition) is 4. The highest BCUT2D eigenvalue weighted by Crippen LogP contribution is 2.24. The Hall–Kier alpha value is -2.05. The second-order valence-electron chi connectivity index (χ2n) is 7.73. The maximum Gasteiger partial charge on any atom is 0.317 e. The summed E-state index contributed by atoms with van der Waals surface area (Å²) in [4.78, 5) is 29.0. The molecule has 144 valence electrons. The van der Waals surface area contributed by atoms with Crippen molar-refractivity contribution in [2.45, 2.75) is 64.8 Å². The molecule has 1 saturated carbocycles. The van der Waals surface area contributed by atoms with Crippen LogP contribution < -0.4 is 5.32 Å². The van der Waals surface area contributed by atoms with Crippen LogP contribution in [-0.4, -0.2) is 59.1 Å². The molecule has 3 rings (SSSR count). The minimum Gasteiger partial charge on any atom is -0.360 e. The Bertz CT molecular complexity index is 641. The fourth-order valence-corrected chi connectivity index (χ4v) is 3.83. The van der Waals surface area contributed by atoms with Crippen LogP contribution in [0, 0.1) is 6.92 Å². The summed E-state index contributed by atoms with van der Waals surface area (Å²) in [6, 6.07) is 0.317. The third kappa shape index (κ3) is 4.02. The van der Waals surface area contributed by atoms with Crippen LogP contribution >= 0.6 is 0 Å². The lowest BCUT2D eigenvalue weighted by atomic mass is 9.96. The van der Waals surface area contributed by atoms with Crippen molar-refractivity contribution in [2.24, 2.45) is 0 Å². The van der Waals surface area contributed by atoms with Crippen LogP contribution in [0.2, 0.25) is 0 Å². The average molecular weight is 362 g/mol. The molecule has 2 heterocycles. The van der Waals surface area contributed by atoms with Gasteiger partial charge in [0.25, 0.3) is 5.91 Å². The van der Waals surface area contributed by atoms with Crippen LogP contribution in [0.1, 0.15) is 73.7 Å². The summed E-state index contributed by atoms with van der Waals surface area (Å²) in [5.74, 6) is 0.711. The van der Waals surface area contributed by atoms with Gasteiger partial charge in [0.15, 0.2) is 5.76 Å². The molecule has 0 unspecified atom stereocenters. The van der Waals surface area contributed by atoms with Gasteiger partial charge in [-0.05, 0) is 19.8 Å². The molecule has 0 bridgehead atoms. The van der Waals surface area contributed by atoms with Crippen LogP contribution in [0.15, 0.2) is 4.52 Å². The Balaban J connectivity index is 1.55. The number of rotatable bonds is 3. The number of piperazine rings is 1. The average Bonchev–Trinajstić information content (AvgIpc) is 3.04. The van der Waals surface area contributed by atoms with E-state index in [-0.39, 0.29) is 17.9 Å². The molecule has 1 aliphatic carbocycles. The van der Waals surface area contributed by atoms with E-state index in [2.05, 4.69) is 10.5 Å². The molecular formula is C19H30N4O3. The molecule has 1 N–H and O–H groups in total. The molecule has 1 saturated heterocycles. The van der Waals surface area contributed by atoms with E-state index in [0.717, 1.165) is 12.8 Å². The fraction of sp³-hybridized carbons (Fsp3) is 0.737. The Morgan fingerprint density at radius 3 is 2.31 bits per heavy atom. The van der Waals surface area contributed by atoms with Crippen molar-refractivity contribution < 1.29 is 14.1 Å². The maximum absolute atomic E-state index is 12.9. The van der Waals surface area contributed by atoms with Crippen LogP contribution in [0.4, 0.5) is 4.79 Å². The van der Waals surface area contributed by atoms with E-state index in [1.54, 1.807) is 11.8 Å². The van der Waals surface area contributed by atoms with Gasteiger partial charge in [-0.25, -0.2) is 4.79 Å². The number of amides is 3. The summed E-state index contributed by atoms with van der Waals surface area (Å²) >= 11 is 0. The smallest absolute Gasteiger partial charge is 0.317 e. The van der Waals surface area contributed by atoms with Gasteiger partial charge in [-0.3, -0.25) is 4.79 Å². The van der Waals surface area contributed by atoms with Crippen molar-refractivity contribution in [3.63, 3.8) is 0 Å². The van der Waals surface area contributed by atoms with Gasteiger partial charge >= 0.3 is 6.03 Å². The highest BCUT2D eigenvalue weighted by Gasteiger charge is 2.30. The molecule has 7 nitrogen and oxygen atoms in total. The zero-order chi connectivity index (χ0) is 18.7. The molecule has 1 aromatic heterocycles. The fourth-order valence-electron chi connectivity index (χ4n) is 3.83. The summed E-state index contributed by atoms with van der Waals surface area (Å²) in [6.45, 7) is 7.99. The molecule has 1 aromatic rings. The lowest BCUT2D eigenvalue weighted by molar-refractivity contribution is 0.0659. The third-order valence-corrected chi connectivity index (χ3v) is 5.41. The Kier molecular flexibility index (Phi) is 5.84. The molecule has 26 heavy (non-hydrogen) atoms. The Morgan fingerprint density at radius 2 is 1.69 bits per heavy atom. The van der Waals surface area contributed by atoms with Gasteiger partial charge in [-0.15, -0.1) is 0 Å². The van der Waals surface area contributed by atoms with E-state index >= 15 is 0 Å². The van der Waals surface area contributed by atoms with E-state index in [1.165, 1.54) is 19.3 Å². The van der Waals surface area contributed by atoms with E-state index in [0.29, 0.717) is 49.2 Å². The monoisotopic (exact) mass is 362 g/mol. The number of nitrogens with one attached hydrogen (secondary N) is 1. The predicted octanol–water partition coefficient (Wildman–Crippen LogP) is 2.91. The van der Waals surface area contributed by atoms with Crippen LogP contribution in [0.25, 0.3) is 0 Å². The van der Waals surface area contributed by atoms with Crippen molar-refractivity contribution in [2.75, 3.05) is 26.2 Å². The zero-order valence-electron chi connectivity index (χ0n) is 16.1. The molecule has 2 fully saturated rings. The van der Waals surface area contributed by atoms with E-state index in [4.69, 9.17) is 4.52 Å². The summed E-state index contributed by atoms with van der Waals surface area (Å²) in [6.07, 6.45) is 5.82. The molecule has 3 amide bonds. The second-order valence-corrected chi connectivity index (χ2v) is 7.73. The van der Waals surface area contributed by atoms with Gasteiger partial charge in [-0.2, -0.15) is 0 Å². The molecule has 0 atom stereocenters. The largest absolute Gasteiger partial charge is 0.360 e. The molecule has 2 aliphatic rings. The number of urea groups is 1. The van der Waals surface area contributed by atoms with Gasteiger partial charge in [0.2, 0.25) is 0 Å². The van der Waals surface area contributed by atoms with Crippen LogP contribution in [0.3, 0.4) is 0 Å². The molecular weight excluding hydrogens is 332 g/mol. The highest BCUT2D eigenvalue weighted by molar-refractivity contribution is 5.96. The lowest BCUT2D eigenvalue weighted by Crippen LogP contribution is -2.54. The number of carbonyl (C=O) groups excluding carboxylic acids is 2. The molecule has 0 aromatic carbocycles. The first kappa shape index (κ1) is 18.7. The Morgan fingerprint density at radius 1 is 1.08 bits per heavy atom. The first-order valence-electron chi connectivity index (χ1n) is 9.78. The normalized spacial score (nSPS) is 19.1. The number of aromatic nitrogens is 1. The summed E-state index contributed by atoms with van der Waals surface area (Å²) in [7, 11) is 0. The number of carbonyl (C=O) groups is 2. The summed E-state index contributed by atoms with van der Waals surface area (Å²) in [5, 5.41) is 7.12. The number of aryl methyl sites for hydroxylation is 1. The number of nitrogens with zero attached hydrogens (tertiary/aromatic N) is 3. The first-order chi connectivity index (χ1) is 12.5. The SMILES string of the molecule is Cc1noc(C(C)C)c1C(=O)N1CCN(C(=O)NC2CCCCC2)CC1. The summed E-state index contributed by atoms with van der Waals surface area (Å²) in [5.41, 5.74) is 1.22. The van der Waals surface area contributed by atoms with Gasteiger partial charge in [-0.1, -0.05) is 38.3 Å². The second kappa shape index (κ2) is 8.10. The van der Waals surface area contributed by atoms with Crippen molar-refractivity contribution in [3.8, 4) is 0 Å². The van der Waals surface area contributed by atoms with E-state index in [9.17, 15) is 9.59 Å². The summed E-state index contributed by atoms with van der Waals surface area (Å²) < 4.78 is 5.34. The zero-order valence-corrected chi connectivity index (χ0v) is 16.1. The van der Waals surface area contributed by atoms with Crippen molar-refractivity contribution in [3.05, 3.63) is 17.0 Å². The van der Waals surface area contributed by atoms with Crippen molar-refractivity contribution in [1.29, 1.82) is 0 Å². The van der Waals surface area contributed by atoms with Crippen molar-refractivity contribution >= 4 is 11.9 Å². The van der Waals surface area contributed by atoms with Crippen LogP contribution in [0.5, 0.6) is 0 Å². The standard InChI is InChI=1S/C19H30N4O3/c1-13(2)17-16(14(3)21-26-17)18(24)22-9-11-23(12-10-22)19(25)20-15-7-5-4-6-8-15/h13,15H,4-12H2,1-3H3,(H,20,25). The highest BCUT2D eigenvalue weighted by atomic mass is 16.5. The van der Waals surface area contributed by atoms with E-state index < -0.39 is 0 Å². The predicted molar refractivity (Wildman–Crippen MR) is 98.2 cm³/mol. The first-order valence-corrected chi connectivity index (χ1v) is 9.78. The van der Waals surface area contributed by atoms with E-state index in [1.807, 2.05) is 18.7 Å². The van der Waals surface area contributed by atoms with Gasteiger partial charge in [0.1, 0.15) is 5.56 Å². The Labute approximate surface area is 155 Å². The quantitative estimate of drug-likeness (QED) is 0.897. The van der Waals surface area contributed by atoms with Gasteiger partial charge < -0.3 is 19.6 Å². The number of hydrogen-bond donors (Lipinski definition) is 1. The lowest BCUT2D eigenvalue weighted by Gasteiger charge is -2.36. The topological polar surface area (TPSA) is 78.7 Å². The third-order valence-electron chi connectivity index (χ3n) is 5.41.